The Kier molecular flexibility index (Phi) is 4.51. The Balaban J connectivity index is 1.92. The van der Waals surface area contributed by atoms with Crippen LogP contribution in [0.4, 0.5) is 30.7 Å². The minimum Gasteiger partial charge on any atom is -0.303 e. The van der Waals surface area contributed by atoms with E-state index in [0.29, 0.717) is 0 Å². The van der Waals surface area contributed by atoms with Crippen molar-refractivity contribution in [3.63, 3.8) is 0 Å². The van der Waals surface area contributed by atoms with Gasteiger partial charge < -0.3 is 4.98 Å². The van der Waals surface area contributed by atoms with Crippen LogP contribution in [0.1, 0.15) is 22.6 Å². The molecule has 0 saturated carbocycles. The van der Waals surface area contributed by atoms with Crippen LogP contribution in [0.5, 0.6) is 0 Å². The van der Waals surface area contributed by atoms with E-state index in [0.717, 1.165) is 0 Å². The fraction of sp³-hybridized carbons (Fsp3) is 0.333. The van der Waals surface area contributed by atoms with Gasteiger partial charge in [-0.2, -0.15) is 13.2 Å². The molecule has 1 aromatic carbocycles. The van der Waals surface area contributed by atoms with Gasteiger partial charge in [-0.3, -0.25) is 9.69 Å². The highest BCUT2D eigenvalue weighted by atomic mass is 19.4. The topological polar surface area (TPSA) is 49.0 Å². The zero-order chi connectivity index (χ0) is 19.2. The first-order valence-corrected chi connectivity index (χ1v) is 7.31. The van der Waals surface area contributed by atoms with Crippen molar-refractivity contribution in [2.75, 3.05) is 6.54 Å². The van der Waals surface area contributed by atoms with Crippen molar-refractivity contribution in [3.05, 3.63) is 62.3 Å². The van der Waals surface area contributed by atoms with E-state index in [4.69, 9.17) is 0 Å². The Labute approximate surface area is 141 Å². The van der Waals surface area contributed by atoms with Gasteiger partial charge in [0.25, 0.3) is 5.56 Å². The molecule has 0 fully saturated rings. The van der Waals surface area contributed by atoms with Gasteiger partial charge in [-0.1, -0.05) is 0 Å². The molecule has 1 aromatic heterocycles. The van der Waals surface area contributed by atoms with E-state index in [9.17, 15) is 35.5 Å². The second-order valence-corrected chi connectivity index (χ2v) is 5.74. The van der Waals surface area contributed by atoms with E-state index < -0.39 is 52.9 Å². The maximum Gasteiger partial charge on any atom is 0.449 e. The smallest absolute Gasteiger partial charge is 0.303 e. The fourth-order valence-corrected chi connectivity index (χ4v) is 2.75. The van der Waals surface area contributed by atoms with Crippen LogP contribution < -0.4 is 5.56 Å². The van der Waals surface area contributed by atoms with Crippen LogP contribution in [0.2, 0.25) is 0 Å². The van der Waals surface area contributed by atoms with Crippen molar-refractivity contribution in [2.45, 2.75) is 25.7 Å². The number of nitrogens with one attached hydrogen (secondary N) is 1. The molecular formula is C15H10F7N3O. The van der Waals surface area contributed by atoms with Gasteiger partial charge in [0.15, 0.2) is 23.3 Å². The van der Waals surface area contributed by atoms with Gasteiger partial charge in [-0.15, -0.1) is 0 Å². The summed E-state index contributed by atoms with van der Waals surface area (Å²) in [7, 11) is 0. The molecule has 1 N–H and O–H groups in total. The highest BCUT2D eigenvalue weighted by Gasteiger charge is 2.36. The number of hydrogen-bond donors (Lipinski definition) is 1. The first-order valence-electron chi connectivity index (χ1n) is 7.31. The zero-order valence-corrected chi connectivity index (χ0v) is 12.9. The lowest BCUT2D eigenvalue weighted by molar-refractivity contribution is -0.145. The average Bonchev–Trinajstić information content (AvgIpc) is 2.56. The summed E-state index contributed by atoms with van der Waals surface area (Å²) in [6.45, 7) is -0.888. The molecule has 26 heavy (non-hydrogen) atoms. The van der Waals surface area contributed by atoms with Gasteiger partial charge in [0, 0.05) is 36.8 Å². The number of aromatic amines is 1. The molecule has 0 aliphatic carbocycles. The predicted molar refractivity (Wildman–Crippen MR) is 74.0 cm³/mol. The van der Waals surface area contributed by atoms with Crippen LogP contribution in [0.15, 0.2) is 10.9 Å². The van der Waals surface area contributed by atoms with Crippen LogP contribution in [-0.2, 0) is 25.7 Å². The largest absolute Gasteiger partial charge is 0.449 e. The molecule has 140 valence electrons. The minimum atomic E-state index is -4.87. The van der Waals surface area contributed by atoms with Crippen LogP contribution in [0, 0.1) is 23.3 Å². The first kappa shape index (κ1) is 18.4. The average molecular weight is 381 g/mol. The van der Waals surface area contributed by atoms with E-state index in [-0.39, 0.29) is 36.8 Å². The Hall–Kier alpha value is -2.43. The van der Waals surface area contributed by atoms with Crippen LogP contribution in [0.25, 0.3) is 0 Å². The number of rotatable bonds is 2. The number of benzene rings is 1. The molecule has 0 unspecified atom stereocenters. The summed E-state index contributed by atoms with van der Waals surface area (Å²) in [6.07, 6.45) is -4.91. The Morgan fingerprint density at radius 2 is 1.73 bits per heavy atom. The lowest BCUT2D eigenvalue weighted by Gasteiger charge is -2.28. The van der Waals surface area contributed by atoms with Gasteiger partial charge in [0.1, 0.15) is 0 Å². The van der Waals surface area contributed by atoms with Crippen molar-refractivity contribution < 1.29 is 30.7 Å². The summed E-state index contributed by atoms with van der Waals surface area (Å²) in [5.74, 6) is -7.80. The number of fused-ring (bicyclic) bond motifs is 1. The minimum absolute atomic E-state index is 0.0283. The van der Waals surface area contributed by atoms with Gasteiger partial charge in [-0.25, -0.2) is 22.5 Å². The molecule has 1 aliphatic heterocycles. The molecule has 11 heteroatoms. The summed E-state index contributed by atoms with van der Waals surface area (Å²) in [4.78, 5) is 18.0. The molecule has 0 saturated heterocycles. The van der Waals surface area contributed by atoms with Crippen molar-refractivity contribution in [2.24, 2.45) is 0 Å². The summed E-state index contributed by atoms with van der Waals surface area (Å²) in [6, 6.07) is 0.0658. The molecule has 0 atom stereocenters. The Bertz CT molecular complexity index is 897. The van der Waals surface area contributed by atoms with Crippen molar-refractivity contribution in [1.29, 1.82) is 0 Å². The third kappa shape index (κ3) is 3.30. The molecular weight excluding hydrogens is 371 g/mol. The van der Waals surface area contributed by atoms with E-state index >= 15 is 0 Å². The van der Waals surface area contributed by atoms with E-state index in [1.807, 2.05) is 0 Å². The maximum atomic E-state index is 13.8. The third-order valence-corrected chi connectivity index (χ3v) is 4.01. The highest BCUT2D eigenvalue weighted by Crippen LogP contribution is 2.27. The molecule has 4 nitrogen and oxygen atoms in total. The SMILES string of the molecule is O=c1[nH]c(C(F)(F)F)nc2c1CCN(Cc1c(F)c(F)cc(F)c1F)C2. The highest BCUT2D eigenvalue weighted by molar-refractivity contribution is 5.25. The van der Waals surface area contributed by atoms with Gasteiger partial charge in [0.2, 0.25) is 5.82 Å². The fourth-order valence-electron chi connectivity index (χ4n) is 2.75. The molecule has 1 aliphatic rings. The zero-order valence-electron chi connectivity index (χ0n) is 12.9. The summed E-state index contributed by atoms with van der Waals surface area (Å²) in [5.41, 5.74) is -2.01. The molecule has 0 spiro atoms. The second-order valence-electron chi connectivity index (χ2n) is 5.74. The molecule has 2 aromatic rings. The quantitative estimate of drug-likeness (QED) is 0.643. The number of aromatic nitrogens is 2. The first-order chi connectivity index (χ1) is 12.1. The van der Waals surface area contributed by atoms with Crippen molar-refractivity contribution >= 4 is 0 Å². The van der Waals surface area contributed by atoms with E-state index in [1.54, 1.807) is 4.98 Å². The van der Waals surface area contributed by atoms with Gasteiger partial charge in [0.05, 0.1) is 5.69 Å². The normalized spacial score (nSPS) is 15.2. The lowest BCUT2D eigenvalue weighted by Crippen LogP contribution is -2.36. The van der Waals surface area contributed by atoms with Crippen LogP contribution >= 0.6 is 0 Å². The number of halogens is 7. The number of H-pyrrole nitrogens is 1. The number of alkyl halides is 3. The summed E-state index contributed by atoms with van der Waals surface area (Å²) >= 11 is 0. The Morgan fingerprint density at radius 3 is 2.31 bits per heavy atom. The molecule has 0 amide bonds. The van der Waals surface area contributed by atoms with Crippen molar-refractivity contribution in [3.8, 4) is 0 Å². The van der Waals surface area contributed by atoms with Gasteiger partial charge >= 0.3 is 6.18 Å². The molecule has 0 bridgehead atoms. The van der Waals surface area contributed by atoms with E-state index in [1.165, 1.54) is 4.90 Å². The lowest BCUT2D eigenvalue weighted by atomic mass is 10.0. The standard InChI is InChI=1S/C15H10F7N3O/c16-8-3-9(17)12(19)7(11(8)18)4-25-2-1-6-10(5-25)23-14(15(20,21)22)24-13(6)26/h3H,1-2,4-5H2,(H,23,24,26). The molecule has 0 radical (unpaired) electrons. The maximum absolute atomic E-state index is 13.8. The van der Waals surface area contributed by atoms with E-state index in [2.05, 4.69) is 4.98 Å². The third-order valence-electron chi connectivity index (χ3n) is 4.01. The van der Waals surface area contributed by atoms with Gasteiger partial charge in [-0.05, 0) is 6.42 Å². The van der Waals surface area contributed by atoms with Crippen molar-refractivity contribution in [1.82, 2.24) is 14.9 Å². The summed E-state index contributed by atoms with van der Waals surface area (Å²) in [5, 5.41) is 0. The predicted octanol–water partition coefficient (Wildman–Crippen LogP) is 2.90. The second kappa shape index (κ2) is 6.38. The monoisotopic (exact) mass is 381 g/mol. The number of nitrogens with zero attached hydrogens (tertiary/aromatic N) is 2. The summed E-state index contributed by atoms with van der Waals surface area (Å²) < 4.78 is 92.3. The van der Waals surface area contributed by atoms with Crippen LogP contribution in [-0.4, -0.2) is 21.4 Å². The van der Waals surface area contributed by atoms with Crippen LogP contribution in [0.3, 0.4) is 0 Å². The Morgan fingerprint density at radius 1 is 1.12 bits per heavy atom. The molecule has 3 rings (SSSR count). The molecule has 2 heterocycles. The number of hydrogen-bond acceptors (Lipinski definition) is 3.